The Morgan fingerprint density at radius 2 is 1.92 bits per heavy atom. The standard InChI is InChI=1S/C16H20ClNO5S/c1-22-16(19)15(18-23-12-6-4-3-5-7-12)11-8-9-14(13(17)10-11)24(2,20)21/h8-10,12H,3-7H2,1-2H3. The Morgan fingerprint density at radius 1 is 1.25 bits per heavy atom. The summed E-state index contributed by atoms with van der Waals surface area (Å²) in [5, 5.41) is 3.97. The Labute approximate surface area is 146 Å². The van der Waals surface area contributed by atoms with E-state index in [9.17, 15) is 13.2 Å². The maximum atomic E-state index is 12.0. The molecule has 132 valence electrons. The van der Waals surface area contributed by atoms with E-state index in [1.807, 2.05) is 0 Å². The zero-order chi connectivity index (χ0) is 17.7. The normalized spacial score (nSPS) is 16.7. The maximum absolute atomic E-state index is 12.0. The molecule has 0 amide bonds. The van der Waals surface area contributed by atoms with Crippen LogP contribution in [0.2, 0.25) is 5.02 Å². The van der Waals surface area contributed by atoms with Crippen LogP contribution in [0.25, 0.3) is 0 Å². The largest absolute Gasteiger partial charge is 0.464 e. The first-order valence-electron chi connectivity index (χ1n) is 7.65. The van der Waals surface area contributed by atoms with Crippen LogP contribution >= 0.6 is 11.6 Å². The predicted octanol–water partition coefficient (Wildman–Crippen LogP) is 2.97. The molecule has 24 heavy (non-hydrogen) atoms. The zero-order valence-electron chi connectivity index (χ0n) is 13.6. The Bertz CT molecular complexity index is 739. The molecule has 1 saturated carbocycles. The van der Waals surface area contributed by atoms with Gasteiger partial charge in [-0.05, 0) is 37.8 Å². The lowest BCUT2D eigenvalue weighted by molar-refractivity contribution is -0.132. The van der Waals surface area contributed by atoms with Gasteiger partial charge < -0.3 is 9.57 Å². The van der Waals surface area contributed by atoms with Crippen molar-refractivity contribution >= 4 is 33.1 Å². The fourth-order valence-electron chi connectivity index (χ4n) is 2.55. The second kappa shape index (κ2) is 7.98. The molecule has 0 aliphatic heterocycles. The van der Waals surface area contributed by atoms with Gasteiger partial charge >= 0.3 is 5.97 Å². The van der Waals surface area contributed by atoms with Gasteiger partial charge in [-0.15, -0.1) is 0 Å². The van der Waals surface area contributed by atoms with E-state index in [-0.39, 0.29) is 21.7 Å². The van der Waals surface area contributed by atoms with E-state index in [2.05, 4.69) is 5.16 Å². The van der Waals surface area contributed by atoms with Crippen LogP contribution in [-0.4, -0.2) is 39.6 Å². The number of ether oxygens (including phenoxy) is 1. The molecule has 0 bridgehead atoms. The SMILES string of the molecule is COC(=O)C(=NOC1CCCCC1)c1ccc(S(C)(=O)=O)c(Cl)c1. The third kappa shape index (κ3) is 4.70. The summed E-state index contributed by atoms with van der Waals surface area (Å²) in [4.78, 5) is 17.5. The molecule has 0 unspecified atom stereocenters. The highest BCUT2D eigenvalue weighted by molar-refractivity contribution is 7.90. The number of oxime groups is 1. The van der Waals surface area contributed by atoms with E-state index < -0.39 is 15.8 Å². The number of methoxy groups -OCH3 is 1. The van der Waals surface area contributed by atoms with Crippen LogP contribution in [0, 0.1) is 0 Å². The lowest BCUT2D eigenvalue weighted by Gasteiger charge is -2.19. The molecule has 8 heteroatoms. The van der Waals surface area contributed by atoms with Crippen molar-refractivity contribution in [3.8, 4) is 0 Å². The fourth-order valence-corrected chi connectivity index (χ4v) is 3.88. The van der Waals surface area contributed by atoms with Crippen molar-refractivity contribution in [3.05, 3.63) is 28.8 Å². The van der Waals surface area contributed by atoms with Gasteiger partial charge in [0.15, 0.2) is 15.5 Å². The van der Waals surface area contributed by atoms with Gasteiger partial charge in [0, 0.05) is 11.8 Å². The summed E-state index contributed by atoms with van der Waals surface area (Å²) in [6, 6.07) is 4.17. The van der Waals surface area contributed by atoms with E-state index in [1.165, 1.54) is 31.7 Å². The molecule has 0 N–H and O–H groups in total. The van der Waals surface area contributed by atoms with Gasteiger partial charge in [0.05, 0.1) is 17.0 Å². The minimum absolute atomic E-state index is 0.00895. The van der Waals surface area contributed by atoms with Gasteiger partial charge in [0.2, 0.25) is 0 Å². The Morgan fingerprint density at radius 3 is 2.46 bits per heavy atom. The number of halogens is 1. The number of benzene rings is 1. The molecule has 0 aromatic heterocycles. The van der Waals surface area contributed by atoms with Gasteiger partial charge in [-0.3, -0.25) is 0 Å². The van der Waals surface area contributed by atoms with Gasteiger partial charge in [0.25, 0.3) is 0 Å². The highest BCUT2D eigenvalue weighted by atomic mass is 35.5. The number of hydrogen-bond donors (Lipinski definition) is 0. The van der Waals surface area contributed by atoms with Crippen LogP contribution in [0.1, 0.15) is 37.7 Å². The van der Waals surface area contributed by atoms with E-state index >= 15 is 0 Å². The summed E-state index contributed by atoms with van der Waals surface area (Å²) < 4.78 is 28.0. The molecule has 1 aromatic rings. The van der Waals surface area contributed by atoms with Crippen LogP contribution in [-0.2, 0) is 24.2 Å². The van der Waals surface area contributed by atoms with Crippen LogP contribution in [0.5, 0.6) is 0 Å². The van der Waals surface area contributed by atoms with Crippen LogP contribution in [0.3, 0.4) is 0 Å². The van der Waals surface area contributed by atoms with Crippen LogP contribution in [0.4, 0.5) is 0 Å². The number of sulfone groups is 1. The Hall–Kier alpha value is -1.60. The minimum atomic E-state index is -3.45. The number of hydrogen-bond acceptors (Lipinski definition) is 6. The molecule has 0 atom stereocenters. The summed E-state index contributed by atoms with van der Waals surface area (Å²) >= 11 is 6.03. The second-order valence-corrected chi connectivity index (χ2v) is 8.11. The molecular formula is C16H20ClNO5S. The summed E-state index contributed by atoms with van der Waals surface area (Å²) in [5.74, 6) is -0.672. The van der Waals surface area contributed by atoms with Crippen molar-refractivity contribution in [1.82, 2.24) is 0 Å². The second-order valence-electron chi connectivity index (χ2n) is 5.71. The van der Waals surface area contributed by atoms with Gasteiger partial charge in [-0.25, -0.2) is 13.2 Å². The molecule has 0 spiro atoms. The van der Waals surface area contributed by atoms with Crippen molar-refractivity contribution in [3.63, 3.8) is 0 Å². The van der Waals surface area contributed by atoms with Crippen molar-refractivity contribution in [2.75, 3.05) is 13.4 Å². The summed E-state index contributed by atoms with van der Waals surface area (Å²) in [6.07, 6.45) is 6.15. The molecule has 1 aliphatic carbocycles. The zero-order valence-corrected chi connectivity index (χ0v) is 15.2. The maximum Gasteiger partial charge on any atom is 0.360 e. The first-order chi connectivity index (χ1) is 11.3. The smallest absolute Gasteiger partial charge is 0.360 e. The van der Waals surface area contributed by atoms with E-state index in [0.717, 1.165) is 31.9 Å². The number of carbonyl (C=O) groups is 1. The van der Waals surface area contributed by atoms with E-state index in [0.29, 0.717) is 5.56 Å². The first-order valence-corrected chi connectivity index (χ1v) is 9.92. The van der Waals surface area contributed by atoms with Crippen molar-refractivity contribution < 1.29 is 22.8 Å². The topological polar surface area (TPSA) is 82.0 Å². The number of esters is 1. The highest BCUT2D eigenvalue weighted by Gasteiger charge is 2.21. The lowest BCUT2D eigenvalue weighted by Crippen LogP contribution is -2.21. The predicted molar refractivity (Wildman–Crippen MR) is 91.1 cm³/mol. The molecule has 1 aliphatic rings. The third-order valence-corrected chi connectivity index (χ3v) is 5.41. The van der Waals surface area contributed by atoms with Crippen LogP contribution in [0.15, 0.2) is 28.3 Å². The molecule has 1 fully saturated rings. The summed E-state index contributed by atoms with van der Waals surface area (Å²) in [7, 11) is -2.21. The monoisotopic (exact) mass is 373 g/mol. The Kier molecular flexibility index (Phi) is 6.23. The minimum Gasteiger partial charge on any atom is -0.464 e. The first kappa shape index (κ1) is 18.7. The number of nitrogens with zero attached hydrogens (tertiary/aromatic N) is 1. The molecule has 0 saturated heterocycles. The van der Waals surface area contributed by atoms with Crippen molar-refractivity contribution in [2.45, 2.75) is 43.1 Å². The summed E-state index contributed by atoms with van der Waals surface area (Å²) in [5.41, 5.74) is 0.306. The van der Waals surface area contributed by atoms with Crippen molar-refractivity contribution in [1.29, 1.82) is 0 Å². The molecule has 0 heterocycles. The Balaban J connectivity index is 2.30. The number of carbonyl (C=O) groups excluding carboxylic acids is 1. The average molecular weight is 374 g/mol. The number of rotatable bonds is 5. The molecule has 1 aromatic carbocycles. The fraction of sp³-hybridized carbons (Fsp3) is 0.500. The van der Waals surface area contributed by atoms with Crippen molar-refractivity contribution in [2.24, 2.45) is 5.16 Å². The van der Waals surface area contributed by atoms with Gasteiger partial charge in [0.1, 0.15) is 6.10 Å². The summed E-state index contributed by atoms with van der Waals surface area (Å²) in [6.45, 7) is 0. The third-order valence-electron chi connectivity index (χ3n) is 3.83. The highest BCUT2D eigenvalue weighted by Crippen LogP contribution is 2.24. The average Bonchev–Trinajstić information content (AvgIpc) is 2.54. The van der Waals surface area contributed by atoms with Gasteiger partial charge in [-0.1, -0.05) is 29.2 Å². The van der Waals surface area contributed by atoms with Gasteiger partial charge in [-0.2, -0.15) is 0 Å². The molecule has 0 radical (unpaired) electrons. The molecule has 2 rings (SSSR count). The van der Waals surface area contributed by atoms with E-state index in [1.54, 1.807) is 0 Å². The van der Waals surface area contributed by atoms with Crippen LogP contribution < -0.4 is 0 Å². The molecule has 6 nitrogen and oxygen atoms in total. The quantitative estimate of drug-likeness (QED) is 0.450. The molecular weight excluding hydrogens is 354 g/mol. The van der Waals surface area contributed by atoms with E-state index in [4.69, 9.17) is 21.2 Å². The lowest BCUT2D eigenvalue weighted by atomic mass is 9.98.